The zero-order valence-electron chi connectivity index (χ0n) is 24.3. The van der Waals surface area contributed by atoms with Gasteiger partial charge < -0.3 is 18.9 Å². The molecule has 0 aliphatic rings. The number of rotatable bonds is 13. The number of amides is 1. The summed E-state index contributed by atoms with van der Waals surface area (Å²) in [6, 6.07) is 20.9. The maximum Gasteiger partial charge on any atom is 0.264 e. The Morgan fingerprint density at radius 3 is 2.33 bits per heavy atom. The third kappa shape index (κ3) is 8.40. The molecule has 4 aromatic carbocycles. The standard InChI is InChI=1S/C31H28BrCl2N3O7S/c1-41-23-11-12-27(28(16-23)42-2)37(45(39,40)24-7-5-4-6-8-24)18-30(38)36-35-17-20-13-25(32)31(29(14-20)43-3)44-19-21-9-10-22(33)15-26(21)34/h4-17H,18-19H2,1-3H3,(H,36,38)/b35-17-. The molecule has 0 aliphatic carbocycles. The van der Waals surface area contributed by atoms with Crippen LogP contribution in [0.3, 0.4) is 0 Å². The van der Waals surface area contributed by atoms with Gasteiger partial charge in [0.25, 0.3) is 15.9 Å². The normalized spacial score (nSPS) is 11.2. The number of carbonyl (C=O) groups excluding carboxylic acids is 1. The molecule has 0 radical (unpaired) electrons. The molecule has 0 spiro atoms. The lowest BCUT2D eigenvalue weighted by Gasteiger charge is -2.25. The number of hydrogen-bond acceptors (Lipinski definition) is 8. The minimum Gasteiger partial charge on any atom is -0.497 e. The molecule has 0 bridgehead atoms. The second-order valence-corrected chi connectivity index (χ2v) is 12.8. The first kappa shape index (κ1) is 33.9. The van der Waals surface area contributed by atoms with Crippen molar-refractivity contribution >= 4 is 67.0 Å². The average Bonchev–Trinajstić information content (AvgIpc) is 3.03. The van der Waals surface area contributed by atoms with E-state index >= 15 is 0 Å². The number of hydrazone groups is 1. The van der Waals surface area contributed by atoms with Gasteiger partial charge in [0, 0.05) is 21.7 Å². The zero-order valence-corrected chi connectivity index (χ0v) is 28.2. The van der Waals surface area contributed by atoms with Crippen LogP contribution in [0.4, 0.5) is 5.69 Å². The second kappa shape index (κ2) is 15.3. The Morgan fingerprint density at radius 2 is 1.67 bits per heavy atom. The maximum absolute atomic E-state index is 13.7. The molecule has 0 aromatic heterocycles. The third-order valence-corrected chi connectivity index (χ3v) is 9.27. The number of ether oxygens (including phenoxy) is 4. The zero-order chi connectivity index (χ0) is 32.6. The van der Waals surface area contributed by atoms with Crippen LogP contribution in [0.2, 0.25) is 10.0 Å². The molecule has 0 atom stereocenters. The first-order valence-electron chi connectivity index (χ1n) is 13.1. The summed E-state index contributed by atoms with van der Waals surface area (Å²) in [5.41, 5.74) is 3.83. The summed E-state index contributed by atoms with van der Waals surface area (Å²) in [6.45, 7) is -0.430. The molecule has 10 nitrogen and oxygen atoms in total. The number of sulfonamides is 1. The van der Waals surface area contributed by atoms with Gasteiger partial charge in [-0.05, 0) is 70.0 Å². The monoisotopic (exact) mass is 735 g/mol. The van der Waals surface area contributed by atoms with Gasteiger partial charge in [-0.1, -0.05) is 47.5 Å². The number of methoxy groups -OCH3 is 3. The summed E-state index contributed by atoms with van der Waals surface area (Å²) < 4.78 is 51.0. The molecular formula is C31H28BrCl2N3O7S. The summed E-state index contributed by atoms with van der Waals surface area (Å²) in [7, 11) is 0.179. The first-order chi connectivity index (χ1) is 21.6. The SMILES string of the molecule is COc1ccc(N(CC(=O)N/N=C\c2cc(Br)c(OCc3ccc(Cl)cc3Cl)c(OC)c2)S(=O)(=O)c2ccccc2)c(OC)c1. The van der Waals surface area contributed by atoms with Gasteiger partial charge in [-0.15, -0.1) is 0 Å². The van der Waals surface area contributed by atoms with Crippen molar-refractivity contribution < 1.29 is 32.2 Å². The van der Waals surface area contributed by atoms with Crippen molar-refractivity contribution in [3.05, 3.63) is 105 Å². The molecule has 0 saturated heterocycles. The van der Waals surface area contributed by atoms with Gasteiger partial charge in [0.1, 0.15) is 24.7 Å². The van der Waals surface area contributed by atoms with Gasteiger partial charge in [-0.2, -0.15) is 5.10 Å². The smallest absolute Gasteiger partial charge is 0.264 e. The Balaban J connectivity index is 1.53. The number of hydrogen-bond donors (Lipinski definition) is 1. The highest BCUT2D eigenvalue weighted by Crippen LogP contribution is 2.38. The van der Waals surface area contributed by atoms with Crippen LogP contribution in [0.1, 0.15) is 11.1 Å². The summed E-state index contributed by atoms with van der Waals surface area (Å²) in [6.07, 6.45) is 1.38. The summed E-state index contributed by atoms with van der Waals surface area (Å²) in [4.78, 5) is 13.1. The Hall–Kier alpha value is -3.97. The van der Waals surface area contributed by atoms with Crippen molar-refractivity contribution in [1.29, 1.82) is 0 Å². The van der Waals surface area contributed by atoms with E-state index in [1.807, 2.05) is 0 Å². The van der Waals surface area contributed by atoms with Crippen LogP contribution in [0.25, 0.3) is 0 Å². The van der Waals surface area contributed by atoms with Crippen LogP contribution < -0.4 is 28.7 Å². The minimum absolute atomic E-state index is 0.00300. The van der Waals surface area contributed by atoms with Crippen molar-refractivity contribution in [1.82, 2.24) is 5.43 Å². The number of nitrogens with one attached hydrogen (secondary N) is 1. The van der Waals surface area contributed by atoms with Crippen LogP contribution in [0.5, 0.6) is 23.0 Å². The van der Waals surface area contributed by atoms with Gasteiger partial charge in [0.15, 0.2) is 11.5 Å². The van der Waals surface area contributed by atoms with E-state index in [0.717, 1.165) is 9.87 Å². The lowest BCUT2D eigenvalue weighted by molar-refractivity contribution is -0.119. The van der Waals surface area contributed by atoms with Crippen LogP contribution >= 0.6 is 39.1 Å². The Kier molecular flexibility index (Phi) is 11.6. The quantitative estimate of drug-likeness (QED) is 0.120. The molecule has 45 heavy (non-hydrogen) atoms. The highest BCUT2D eigenvalue weighted by molar-refractivity contribution is 9.10. The Morgan fingerprint density at radius 1 is 0.933 bits per heavy atom. The number of nitrogens with zero attached hydrogens (tertiary/aromatic N) is 2. The molecule has 0 saturated carbocycles. The fourth-order valence-electron chi connectivity index (χ4n) is 4.10. The van der Waals surface area contributed by atoms with Crippen LogP contribution in [-0.4, -0.2) is 48.4 Å². The van der Waals surface area contributed by atoms with E-state index < -0.39 is 22.5 Å². The number of halogens is 3. The van der Waals surface area contributed by atoms with E-state index in [2.05, 4.69) is 26.5 Å². The van der Waals surface area contributed by atoms with E-state index in [9.17, 15) is 13.2 Å². The second-order valence-electron chi connectivity index (χ2n) is 9.21. The first-order valence-corrected chi connectivity index (χ1v) is 16.1. The molecule has 0 aliphatic heterocycles. The van der Waals surface area contributed by atoms with Crippen LogP contribution in [0.15, 0.2) is 93.3 Å². The molecule has 0 unspecified atom stereocenters. The highest BCUT2D eigenvalue weighted by Gasteiger charge is 2.29. The molecule has 4 rings (SSSR count). The number of benzene rings is 4. The van der Waals surface area contributed by atoms with Gasteiger partial charge in [-0.3, -0.25) is 9.10 Å². The van der Waals surface area contributed by atoms with E-state index in [4.69, 9.17) is 42.1 Å². The predicted octanol–water partition coefficient (Wildman–Crippen LogP) is 6.71. The molecular weight excluding hydrogens is 709 g/mol. The fourth-order valence-corrected chi connectivity index (χ4v) is 6.59. The molecule has 236 valence electrons. The largest absolute Gasteiger partial charge is 0.497 e. The van der Waals surface area contributed by atoms with E-state index in [1.54, 1.807) is 54.6 Å². The lowest BCUT2D eigenvalue weighted by atomic mass is 10.2. The number of anilines is 1. The van der Waals surface area contributed by atoms with Crippen LogP contribution in [0, 0.1) is 0 Å². The van der Waals surface area contributed by atoms with Crippen molar-refractivity contribution in [3.63, 3.8) is 0 Å². The maximum atomic E-state index is 13.7. The summed E-state index contributed by atoms with van der Waals surface area (Å²) in [5, 5.41) is 5.02. The lowest BCUT2D eigenvalue weighted by Crippen LogP contribution is -2.39. The topological polar surface area (TPSA) is 116 Å². The predicted molar refractivity (Wildman–Crippen MR) is 178 cm³/mol. The van der Waals surface area contributed by atoms with E-state index in [-0.39, 0.29) is 22.9 Å². The number of carbonyl (C=O) groups is 1. The van der Waals surface area contributed by atoms with Crippen LogP contribution in [-0.2, 0) is 21.4 Å². The summed E-state index contributed by atoms with van der Waals surface area (Å²) in [5.74, 6) is 0.777. The fraction of sp³-hybridized carbons (Fsp3) is 0.161. The van der Waals surface area contributed by atoms with Gasteiger partial charge in [-0.25, -0.2) is 13.8 Å². The van der Waals surface area contributed by atoms with E-state index in [1.165, 1.54) is 51.8 Å². The molecule has 14 heteroatoms. The molecule has 4 aromatic rings. The highest BCUT2D eigenvalue weighted by atomic mass is 79.9. The third-order valence-electron chi connectivity index (χ3n) is 6.32. The van der Waals surface area contributed by atoms with Crippen molar-refractivity contribution in [2.24, 2.45) is 5.10 Å². The molecule has 0 heterocycles. The van der Waals surface area contributed by atoms with Crippen molar-refractivity contribution in [3.8, 4) is 23.0 Å². The summed E-state index contributed by atoms with van der Waals surface area (Å²) >= 11 is 15.7. The minimum atomic E-state index is -4.18. The van der Waals surface area contributed by atoms with Gasteiger partial charge in [0.05, 0.1) is 42.6 Å². The average molecular weight is 737 g/mol. The van der Waals surface area contributed by atoms with Crippen molar-refractivity contribution in [2.75, 3.05) is 32.2 Å². The molecule has 0 fully saturated rings. The van der Waals surface area contributed by atoms with Crippen molar-refractivity contribution in [2.45, 2.75) is 11.5 Å². The van der Waals surface area contributed by atoms with E-state index in [0.29, 0.717) is 37.3 Å². The Labute approximate surface area is 279 Å². The molecule has 1 N–H and O–H groups in total. The van der Waals surface area contributed by atoms with Gasteiger partial charge >= 0.3 is 0 Å². The van der Waals surface area contributed by atoms with Gasteiger partial charge in [0.2, 0.25) is 0 Å². The Bertz CT molecular complexity index is 1810. The molecule has 1 amide bonds.